The molecule has 0 radical (unpaired) electrons. The van der Waals surface area contributed by atoms with Gasteiger partial charge >= 0.3 is 11.9 Å². The van der Waals surface area contributed by atoms with Gasteiger partial charge in [0.25, 0.3) is 11.8 Å². The van der Waals surface area contributed by atoms with Crippen LogP contribution in [0.5, 0.6) is 5.75 Å². The molecule has 0 heterocycles. The van der Waals surface area contributed by atoms with Crippen LogP contribution in [0.15, 0.2) is 48.5 Å². The minimum atomic E-state index is -0.934. The number of nitrogens with one attached hydrogen (secondary N) is 2. The molecule has 0 aliphatic heterocycles. The molecule has 0 spiro atoms. The highest BCUT2D eigenvalue weighted by Gasteiger charge is 2.27. The summed E-state index contributed by atoms with van der Waals surface area (Å²) in [6.45, 7) is 5.36. The number of hydrogen-bond donors (Lipinski definition) is 2. The number of benzene rings is 2. The van der Waals surface area contributed by atoms with Gasteiger partial charge in [0, 0.05) is 11.3 Å². The summed E-state index contributed by atoms with van der Waals surface area (Å²) < 4.78 is 15.1. The van der Waals surface area contributed by atoms with Gasteiger partial charge < -0.3 is 24.8 Å². The van der Waals surface area contributed by atoms with E-state index in [4.69, 9.17) is 9.47 Å². The molecule has 9 heteroatoms. The molecular formula is C24H28N2O7. The van der Waals surface area contributed by atoms with Gasteiger partial charge in [-0.05, 0) is 61.4 Å². The molecule has 2 N–H and O–H groups in total. The van der Waals surface area contributed by atoms with E-state index in [-0.39, 0.29) is 5.92 Å². The Kier molecular flexibility index (Phi) is 9.41. The van der Waals surface area contributed by atoms with Crippen LogP contribution in [0.1, 0.15) is 41.5 Å². The minimum absolute atomic E-state index is 0.266. The number of methoxy groups -OCH3 is 1. The second kappa shape index (κ2) is 12.2. The average molecular weight is 456 g/mol. The normalized spacial score (nSPS) is 11.3. The lowest BCUT2D eigenvalue weighted by Crippen LogP contribution is -2.45. The molecule has 0 saturated heterocycles. The molecule has 0 aliphatic rings. The Hall–Kier alpha value is -3.88. The molecular weight excluding hydrogens is 428 g/mol. The van der Waals surface area contributed by atoms with Crippen LogP contribution in [0.25, 0.3) is 0 Å². The maximum Gasteiger partial charge on any atom is 0.337 e. The maximum absolute atomic E-state index is 12.5. The summed E-state index contributed by atoms with van der Waals surface area (Å²) in [7, 11) is 1.28. The highest BCUT2D eigenvalue weighted by atomic mass is 16.5. The number of carbonyl (C=O) groups is 4. The maximum atomic E-state index is 12.5. The van der Waals surface area contributed by atoms with E-state index in [1.807, 2.05) is 6.92 Å². The molecule has 0 saturated carbocycles. The SMILES string of the molecule is CCOc1ccc(C(=O)NC(C(=O)OCC(=O)Nc2ccc(C(=O)OC)cc2)C(C)C)cc1. The van der Waals surface area contributed by atoms with Gasteiger partial charge in [-0.1, -0.05) is 13.8 Å². The monoisotopic (exact) mass is 456 g/mol. The standard InChI is InChI=1S/C24H28N2O7/c1-5-32-19-12-8-16(9-13-19)22(28)26-21(15(2)3)24(30)33-14-20(27)25-18-10-6-17(7-11-18)23(29)31-4/h6-13,15,21H,5,14H2,1-4H3,(H,25,27)(H,26,28). The molecule has 2 rings (SSSR count). The van der Waals surface area contributed by atoms with Crippen LogP contribution in [0.4, 0.5) is 5.69 Å². The molecule has 0 bridgehead atoms. The minimum Gasteiger partial charge on any atom is -0.494 e. The molecule has 33 heavy (non-hydrogen) atoms. The molecule has 2 amide bonds. The summed E-state index contributed by atoms with van der Waals surface area (Å²) in [5.74, 6) is -1.84. The molecule has 0 fully saturated rings. The number of anilines is 1. The third-order valence-corrected chi connectivity index (χ3v) is 4.57. The van der Waals surface area contributed by atoms with Gasteiger partial charge in [0.05, 0.1) is 19.3 Å². The van der Waals surface area contributed by atoms with E-state index < -0.39 is 36.4 Å². The molecule has 176 valence electrons. The Morgan fingerprint density at radius 2 is 1.52 bits per heavy atom. The van der Waals surface area contributed by atoms with Crippen LogP contribution in [-0.2, 0) is 19.1 Å². The Bertz CT molecular complexity index is 969. The lowest BCUT2D eigenvalue weighted by atomic mass is 10.0. The molecule has 0 aliphatic carbocycles. The highest BCUT2D eigenvalue weighted by molar-refractivity contribution is 5.98. The van der Waals surface area contributed by atoms with Crippen molar-refractivity contribution in [3.63, 3.8) is 0 Å². The van der Waals surface area contributed by atoms with Crippen LogP contribution in [0.3, 0.4) is 0 Å². The summed E-state index contributed by atoms with van der Waals surface area (Å²) >= 11 is 0. The first-order valence-electron chi connectivity index (χ1n) is 10.4. The first kappa shape index (κ1) is 25.4. The van der Waals surface area contributed by atoms with Crippen LogP contribution in [0.2, 0.25) is 0 Å². The van der Waals surface area contributed by atoms with Crippen molar-refractivity contribution in [3.8, 4) is 5.75 Å². The largest absolute Gasteiger partial charge is 0.494 e. The summed E-state index contributed by atoms with van der Waals surface area (Å²) in [4.78, 5) is 48.6. The molecule has 0 aromatic heterocycles. The van der Waals surface area contributed by atoms with Crippen LogP contribution in [-0.4, -0.2) is 50.1 Å². The quantitative estimate of drug-likeness (QED) is 0.528. The fourth-order valence-corrected chi connectivity index (χ4v) is 2.82. The molecule has 2 aromatic carbocycles. The zero-order valence-corrected chi connectivity index (χ0v) is 19.0. The van der Waals surface area contributed by atoms with E-state index in [0.29, 0.717) is 29.2 Å². The predicted molar refractivity (Wildman–Crippen MR) is 121 cm³/mol. The van der Waals surface area contributed by atoms with E-state index in [1.54, 1.807) is 38.1 Å². The van der Waals surface area contributed by atoms with Gasteiger partial charge in [0.15, 0.2) is 6.61 Å². The summed E-state index contributed by atoms with van der Waals surface area (Å²) in [5, 5.41) is 5.21. The molecule has 9 nitrogen and oxygen atoms in total. The van der Waals surface area contributed by atoms with Gasteiger partial charge in [0.2, 0.25) is 0 Å². The van der Waals surface area contributed by atoms with E-state index in [0.717, 1.165) is 0 Å². The van der Waals surface area contributed by atoms with Gasteiger partial charge in [0.1, 0.15) is 11.8 Å². The summed E-state index contributed by atoms with van der Waals surface area (Å²) in [6, 6.07) is 11.7. The Morgan fingerprint density at radius 1 is 0.909 bits per heavy atom. The predicted octanol–water partition coefficient (Wildman–Crippen LogP) is 2.81. The van der Waals surface area contributed by atoms with Crippen molar-refractivity contribution in [2.45, 2.75) is 26.8 Å². The fourth-order valence-electron chi connectivity index (χ4n) is 2.82. The highest BCUT2D eigenvalue weighted by Crippen LogP contribution is 2.14. The van der Waals surface area contributed by atoms with Gasteiger partial charge in [-0.3, -0.25) is 9.59 Å². The lowest BCUT2D eigenvalue weighted by Gasteiger charge is -2.21. The summed E-state index contributed by atoms with van der Waals surface area (Å²) in [6.07, 6.45) is 0. The van der Waals surface area contributed by atoms with Crippen molar-refractivity contribution in [2.75, 3.05) is 25.6 Å². The van der Waals surface area contributed by atoms with E-state index in [1.165, 1.54) is 31.4 Å². The first-order chi connectivity index (χ1) is 15.7. The van der Waals surface area contributed by atoms with E-state index >= 15 is 0 Å². The second-order valence-corrected chi connectivity index (χ2v) is 7.38. The number of rotatable bonds is 10. The Morgan fingerprint density at radius 3 is 2.06 bits per heavy atom. The zero-order chi connectivity index (χ0) is 24.4. The third kappa shape index (κ3) is 7.64. The van der Waals surface area contributed by atoms with Crippen LogP contribution >= 0.6 is 0 Å². The van der Waals surface area contributed by atoms with Crippen molar-refractivity contribution >= 4 is 29.4 Å². The summed E-state index contributed by atoms with van der Waals surface area (Å²) in [5.41, 5.74) is 1.13. The van der Waals surface area contributed by atoms with Gasteiger partial charge in [-0.2, -0.15) is 0 Å². The van der Waals surface area contributed by atoms with Gasteiger partial charge in [-0.15, -0.1) is 0 Å². The van der Waals surface area contributed by atoms with E-state index in [9.17, 15) is 19.2 Å². The average Bonchev–Trinajstić information content (AvgIpc) is 2.81. The Balaban J connectivity index is 1.90. The molecule has 1 atom stereocenters. The van der Waals surface area contributed by atoms with Gasteiger partial charge in [-0.25, -0.2) is 9.59 Å². The van der Waals surface area contributed by atoms with Crippen molar-refractivity contribution in [3.05, 3.63) is 59.7 Å². The topological polar surface area (TPSA) is 120 Å². The third-order valence-electron chi connectivity index (χ3n) is 4.57. The van der Waals surface area contributed by atoms with Crippen LogP contribution in [0, 0.1) is 5.92 Å². The lowest BCUT2D eigenvalue weighted by molar-refractivity contribution is -0.150. The van der Waals surface area contributed by atoms with Crippen molar-refractivity contribution in [2.24, 2.45) is 5.92 Å². The first-order valence-corrected chi connectivity index (χ1v) is 10.4. The number of carbonyl (C=O) groups excluding carboxylic acids is 4. The Labute approximate surface area is 192 Å². The second-order valence-electron chi connectivity index (χ2n) is 7.38. The van der Waals surface area contributed by atoms with Crippen molar-refractivity contribution in [1.29, 1.82) is 0 Å². The van der Waals surface area contributed by atoms with Crippen molar-refractivity contribution < 1.29 is 33.4 Å². The molecule has 2 aromatic rings. The smallest absolute Gasteiger partial charge is 0.337 e. The number of esters is 2. The number of amides is 2. The zero-order valence-electron chi connectivity index (χ0n) is 19.0. The number of ether oxygens (including phenoxy) is 3. The van der Waals surface area contributed by atoms with E-state index in [2.05, 4.69) is 15.4 Å². The molecule has 1 unspecified atom stereocenters. The number of hydrogen-bond acceptors (Lipinski definition) is 7. The van der Waals surface area contributed by atoms with Crippen molar-refractivity contribution in [1.82, 2.24) is 5.32 Å². The fraction of sp³-hybridized carbons (Fsp3) is 0.333. The van der Waals surface area contributed by atoms with Crippen LogP contribution < -0.4 is 15.4 Å².